The van der Waals surface area contributed by atoms with Crippen molar-refractivity contribution >= 4 is 23.5 Å². The van der Waals surface area contributed by atoms with E-state index in [1.807, 2.05) is 44.4 Å². The molecule has 2 aromatic carbocycles. The number of methoxy groups -OCH3 is 2. The highest BCUT2D eigenvalue weighted by atomic mass is 32.2. The molecule has 1 aliphatic heterocycles. The van der Waals surface area contributed by atoms with Crippen molar-refractivity contribution in [2.24, 2.45) is 11.8 Å². The molecule has 0 aromatic heterocycles. The van der Waals surface area contributed by atoms with Crippen LogP contribution in [0.2, 0.25) is 0 Å². The van der Waals surface area contributed by atoms with Gasteiger partial charge in [-0.15, -0.1) is 11.8 Å². The topological polar surface area (TPSA) is 65.1 Å². The molecule has 2 aromatic rings. The van der Waals surface area contributed by atoms with Crippen molar-refractivity contribution in [2.75, 3.05) is 46.7 Å². The zero-order valence-corrected chi connectivity index (χ0v) is 24.1. The van der Waals surface area contributed by atoms with Gasteiger partial charge >= 0.3 is 5.97 Å². The maximum absolute atomic E-state index is 13.5. The van der Waals surface area contributed by atoms with E-state index in [-0.39, 0.29) is 17.6 Å². The number of benzene rings is 2. The van der Waals surface area contributed by atoms with Crippen molar-refractivity contribution in [1.82, 2.24) is 4.90 Å². The fourth-order valence-electron chi connectivity index (χ4n) is 5.16. The number of thioether (sulfide) groups is 1. The molecule has 0 bridgehead atoms. The van der Waals surface area contributed by atoms with Gasteiger partial charge in [0.25, 0.3) is 0 Å². The second kappa shape index (κ2) is 12.9. The van der Waals surface area contributed by atoms with Gasteiger partial charge in [-0.05, 0) is 81.5 Å². The average Bonchev–Trinajstić information content (AvgIpc) is 3.30. The van der Waals surface area contributed by atoms with Crippen molar-refractivity contribution in [3.63, 3.8) is 0 Å². The molecule has 1 aliphatic rings. The van der Waals surface area contributed by atoms with Crippen molar-refractivity contribution in [3.8, 4) is 5.75 Å². The molecule has 6 nitrogen and oxygen atoms in total. The lowest BCUT2D eigenvalue weighted by Crippen LogP contribution is -2.39. The molecule has 0 saturated carbocycles. The molecule has 7 heteroatoms. The summed E-state index contributed by atoms with van der Waals surface area (Å²) in [7, 11) is 3.08. The van der Waals surface area contributed by atoms with Crippen LogP contribution in [0, 0.1) is 25.7 Å². The Morgan fingerprint density at radius 1 is 1.05 bits per heavy atom. The van der Waals surface area contributed by atoms with Gasteiger partial charge in [-0.3, -0.25) is 4.79 Å². The van der Waals surface area contributed by atoms with E-state index in [1.54, 1.807) is 32.7 Å². The van der Waals surface area contributed by atoms with E-state index in [2.05, 4.69) is 17.0 Å². The minimum Gasteiger partial charge on any atom is -0.476 e. The number of likely N-dealkylation sites (tertiary alicyclic amines) is 1. The monoisotopic (exact) mass is 527 g/mol. The van der Waals surface area contributed by atoms with Gasteiger partial charge in [0.05, 0.1) is 13.7 Å². The van der Waals surface area contributed by atoms with Crippen LogP contribution >= 0.6 is 11.8 Å². The minimum absolute atomic E-state index is 0.0253. The number of hydrogen-bond acceptors (Lipinski definition) is 7. The standard InChI is InChI=1S/C30H41NO5S/c1-20-16-22(17-21(2)28(20)36-30(3,4)29(33)35-6)8-9-24-18-31(14-15-34-5)19-26(24)27(32)23-10-12-25(37-7)13-11-23/h10-13,16-17,24,26H,8-9,14-15,18-19H2,1-7H3. The summed E-state index contributed by atoms with van der Waals surface area (Å²) in [6.07, 6.45) is 3.84. The molecule has 37 heavy (non-hydrogen) atoms. The lowest BCUT2D eigenvalue weighted by atomic mass is 9.84. The molecule has 2 atom stereocenters. The maximum Gasteiger partial charge on any atom is 0.349 e. The van der Waals surface area contributed by atoms with Crippen LogP contribution in [0.3, 0.4) is 0 Å². The highest BCUT2D eigenvalue weighted by Crippen LogP contribution is 2.33. The number of ether oxygens (including phenoxy) is 3. The number of aryl methyl sites for hydroxylation is 3. The van der Waals surface area contributed by atoms with Gasteiger partial charge in [-0.1, -0.05) is 24.3 Å². The van der Waals surface area contributed by atoms with Gasteiger partial charge in [0.15, 0.2) is 11.4 Å². The number of ketones is 1. The van der Waals surface area contributed by atoms with E-state index in [4.69, 9.17) is 14.2 Å². The number of carbonyl (C=O) groups is 2. The van der Waals surface area contributed by atoms with Crippen LogP contribution < -0.4 is 4.74 Å². The number of Topliss-reactive ketones (excluding diaryl/α,β-unsaturated/α-hetero) is 1. The third-order valence-electron chi connectivity index (χ3n) is 7.20. The second-order valence-corrected chi connectivity index (χ2v) is 11.3. The molecule has 1 saturated heterocycles. The van der Waals surface area contributed by atoms with Gasteiger partial charge < -0.3 is 19.1 Å². The molecular weight excluding hydrogens is 486 g/mol. The Labute approximate surface area is 226 Å². The van der Waals surface area contributed by atoms with Gasteiger partial charge in [0.1, 0.15) is 5.75 Å². The predicted molar refractivity (Wildman–Crippen MR) is 149 cm³/mol. The quantitative estimate of drug-likeness (QED) is 0.209. The zero-order valence-electron chi connectivity index (χ0n) is 23.3. The largest absolute Gasteiger partial charge is 0.476 e. The summed E-state index contributed by atoms with van der Waals surface area (Å²) in [4.78, 5) is 29.2. The molecule has 202 valence electrons. The number of rotatable bonds is 12. The molecule has 1 heterocycles. The number of esters is 1. The number of nitrogens with zero attached hydrogens (tertiary/aromatic N) is 1. The molecule has 0 spiro atoms. The smallest absolute Gasteiger partial charge is 0.349 e. The second-order valence-electron chi connectivity index (χ2n) is 10.4. The molecular formula is C30H41NO5S. The highest BCUT2D eigenvalue weighted by Gasteiger charge is 2.37. The lowest BCUT2D eigenvalue weighted by molar-refractivity contribution is -0.156. The van der Waals surface area contributed by atoms with Crippen molar-refractivity contribution < 1.29 is 23.8 Å². The van der Waals surface area contributed by atoms with E-state index >= 15 is 0 Å². The van der Waals surface area contributed by atoms with E-state index in [9.17, 15) is 9.59 Å². The van der Waals surface area contributed by atoms with E-state index in [0.29, 0.717) is 12.4 Å². The summed E-state index contributed by atoms with van der Waals surface area (Å²) in [6.45, 7) is 10.6. The Morgan fingerprint density at radius 2 is 1.70 bits per heavy atom. The van der Waals surface area contributed by atoms with Crippen molar-refractivity contribution in [3.05, 3.63) is 58.7 Å². The Balaban J connectivity index is 1.74. The van der Waals surface area contributed by atoms with E-state index < -0.39 is 11.6 Å². The van der Waals surface area contributed by atoms with Crippen LogP contribution in [0.25, 0.3) is 0 Å². The highest BCUT2D eigenvalue weighted by molar-refractivity contribution is 7.98. The van der Waals surface area contributed by atoms with E-state index in [1.165, 1.54) is 12.7 Å². The Bertz CT molecular complexity index is 1060. The van der Waals surface area contributed by atoms with Crippen LogP contribution in [0.4, 0.5) is 0 Å². The zero-order chi connectivity index (χ0) is 27.2. The lowest BCUT2D eigenvalue weighted by Gasteiger charge is -2.26. The number of carbonyl (C=O) groups excluding carboxylic acids is 2. The van der Waals surface area contributed by atoms with Crippen LogP contribution in [-0.2, 0) is 20.7 Å². The van der Waals surface area contributed by atoms with Gasteiger partial charge in [0, 0.05) is 43.1 Å². The first kappa shape index (κ1) is 29.2. The van der Waals surface area contributed by atoms with Crippen LogP contribution in [0.5, 0.6) is 5.75 Å². The SMILES string of the molecule is COCCN1CC(CCc2cc(C)c(OC(C)(C)C(=O)OC)c(C)c2)C(C(=O)c2ccc(SC)cc2)C1. The van der Waals surface area contributed by atoms with Crippen molar-refractivity contribution in [1.29, 1.82) is 0 Å². The first-order valence-corrected chi connectivity index (χ1v) is 14.1. The Morgan fingerprint density at radius 3 is 2.27 bits per heavy atom. The average molecular weight is 528 g/mol. The third kappa shape index (κ3) is 7.37. The molecule has 2 unspecified atom stereocenters. The third-order valence-corrected chi connectivity index (χ3v) is 7.94. The molecule has 0 N–H and O–H groups in total. The fraction of sp³-hybridized carbons (Fsp3) is 0.533. The summed E-state index contributed by atoms with van der Waals surface area (Å²) in [5.74, 6) is 0.793. The summed E-state index contributed by atoms with van der Waals surface area (Å²) >= 11 is 1.68. The molecule has 0 aliphatic carbocycles. The van der Waals surface area contributed by atoms with Crippen LogP contribution in [0.15, 0.2) is 41.3 Å². The normalized spacial score (nSPS) is 18.1. The summed E-state index contributed by atoms with van der Waals surface area (Å²) in [5, 5.41) is 0. The first-order chi connectivity index (χ1) is 17.6. The Hall–Kier alpha value is -2.35. The van der Waals surface area contributed by atoms with Gasteiger partial charge in [0.2, 0.25) is 0 Å². The Kier molecular flexibility index (Phi) is 10.2. The predicted octanol–water partition coefficient (Wildman–Crippen LogP) is 5.37. The van der Waals surface area contributed by atoms with E-state index in [0.717, 1.165) is 54.1 Å². The molecule has 0 amide bonds. The van der Waals surface area contributed by atoms with Gasteiger partial charge in [-0.2, -0.15) is 0 Å². The first-order valence-electron chi connectivity index (χ1n) is 12.9. The van der Waals surface area contributed by atoms with Crippen molar-refractivity contribution in [2.45, 2.75) is 51.0 Å². The summed E-state index contributed by atoms with van der Waals surface area (Å²) < 4.78 is 16.3. The van der Waals surface area contributed by atoms with Gasteiger partial charge in [-0.25, -0.2) is 4.79 Å². The van der Waals surface area contributed by atoms with Crippen LogP contribution in [0.1, 0.15) is 47.3 Å². The molecule has 3 rings (SSSR count). The minimum atomic E-state index is -1.07. The summed E-state index contributed by atoms with van der Waals surface area (Å²) in [6, 6.07) is 12.2. The number of hydrogen-bond donors (Lipinski definition) is 0. The molecule has 1 fully saturated rings. The summed E-state index contributed by atoms with van der Waals surface area (Å²) in [5.41, 5.74) is 2.92. The molecule has 0 radical (unpaired) electrons. The maximum atomic E-state index is 13.5. The fourth-order valence-corrected chi connectivity index (χ4v) is 5.57. The van der Waals surface area contributed by atoms with Crippen LogP contribution in [-0.4, -0.2) is 69.0 Å².